The minimum atomic E-state index is 0.0238. The molecule has 0 amide bonds. The number of ether oxygens (including phenoxy) is 1. The number of aryl methyl sites for hydroxylation is 1. The third-order valence-electron chi connectivity index (χ3n) is 3.14. The summed E-state index contributed by atoms with van der Waals surface area (Å²) in [5, 5.41) is 4.77. The van der Waals surface area contributed by atoms with E-state index < -0.39 is 0 Å². The van der Waals surface area contributed by atoms with Crippen molar-refractivity contribution in [3.05, 3.63) is 40.4 Å². The second kappa shape index (κ2) is 8.43. The van der Waals surface area contributed by atoms with Gasteiger partial charge in [0.1, 0.15) is 5.75 Å². The molecule has 1 N–H and O–H groups in total. The van der Waals surface area contributed by atoms with Gasteiger partial charge in [-0.05, 0) is 43.2 Å². The Bertz CT molecular complexity index is 678. The zero-order valence-electron chi connectivity index (χ0n) is 13.6. The van der Waals surface area contributed by atoms with E-state index in [1.54, 1.807) is 6.21 Å². The van der Waals surface area contributed by atoms with Gasteiger partial charge >= 0.3 is 0 Å². The van der Waals surface area contributed by atoms with Gasteiger partial charge in [-0.2, -0.15) is 5.10 Å². The van der Waals surface area contributed by atoms with Crippen LogP contribution < -0.4 is 10.2 Å². The predicted molar refractivity (Wildman–Crippen MR) is 94.9 cm³/mol. The van der Waals surface area contributed by atoms with Gasteiger partial charge in [0.15, 0.2) is 5.78 Å². The maximum absolute atomic E-state index is 11.4. The van der Waals surface area contributed by atoms with Gasteiger partial charge in [0, 0.05) is 6.92 Å². The molecule has 122 valence electrons. The molecule has 0 fully saturated rings. The van der Waals surface area contributed by atoms with E-state index in [4.69, 9.17) is 4.74 Å². The lowest BCUT2D eigenvalue weighted by molar-refractivity contribution is 0.102. The molecule has 0 aliphatic rings. The summed E-state index contributed by atoms with van der Waals surface area (Å²) in [6.07, 6.45) is 3.89. The van der Waals surface area contributed by atoms with E-state index in [2.05, 4.69) is 22.4 Å². The van der Waals surface area contributed by atoms with Gasteiger partial charge in [-0.3, -0.25) is 10.2 Å². The van der Waals surface area contributed by atoms with Gasteiger partial charge in [-0.25, -0.2) is 4.98 Å². The fourth-order valence-electron chi connectivity index (χ4n) is 1.92. The SMILES string of the molecule is CCCCOc1ccc(/C=N\Nc2nc(C)c(C(C)=O)s2)cc1. The van der Waals surface area contributed by atoms with Crippen LogP contribution in [-0.2, 0) is 0 Å². The van der Waals surface area contributed by atoms with Crippen molar-refractivity contribution in [3.8, 4) is 5.75 Å². The number of thiazole rings is 1. The number of hydrogen-bond acceptors (Lipinski definition) is 6. The molecule has 1 aromatic carbocycles. The van der Waals surface area contributed by atoms with Gasteiger partial charge in [0.2, 0.25) is 5.13 Å². The highest BCUT2D eigenvalue weighted by Crippen LogP contribution is 2.22. The van der Waals surface area contributed by atoms with Gasteiger partial charge < -0.3 is 4.74 Å². The van der Waals surface area contributed by atoms with Crippen LogP contribution in [0.25, 0.3) is 0 Å². The average Bonchev–Trinajstić information content (AvgIpc) is 2.90. The van der Waals surface area contributed by atoms with Crippen molar-refractivity contribution in [1.82, 2.24) is 4.98 Å². The van der Waals surface area contributed by atoms with E-state index in [1.165, 1.54) is 18.3 Å². The summed E-state index contributed by atoms with van der Waals surface area (Å²) in [5.41, 5.74) is 4.55. The normalized spacial score (nSPS) is 10.9. The van der Waals surface area contributed by atoms with E-state index in [0.717, 1.165) is 36.5 Å². The summed E-state index contributed by atoms with van der Waals surface area (Å²) in [5.74, 6) is 0.890. The minimum Gasteiger partial charge on any atom is -0.494 e. The van der Waals surface area contributed by atoms with Crippen LogP contribution in [0.2, 0.25) is 0 Å². The molecular weight excluding hydrogens is 310 g/mol. The van der Waals surface area contributed by atoms with Crippen molar-refractivity contribution in [3.63, 3.8) is 0 Å². The molecule has 0 aliphatic heterocycles. The summed E-state index contributed by atoms with van der Waals surface area (Å²) in [7, 11) is 0. The minimum absolute atomic E-state index is 0.0238. The van der Waals surface area contributed by atoms with Crippen LogP contribution in [0, 0.1) is 6.92 Å². The summed E-state index contributed by atoms with van der Waals surface area (Å²) in [6, 6.07) is 7.75. The maximum atomic E-state index is 11.4. The zero-order valence-corrected chi connectivity index (χ0v) is 14.4. The molecule has 23 heavy (non-hydrogen) atoms. The molecule has 6 heteroatoms. The average molecular weight is 331 g/mol. The molecule has 0 spiro atoms. The number of anilines is 1. The number of aromatic nitrogens is 1. The fourth-order valence-corrected chi connectivity index (χ4v) is 2.73. The predicted octanol–water partition coefficient (Wildman–Crippen LogP) is 4.28. The number of ketones is 1. The first-order valence-corrected chi connectivity index (χ1v) is 8.42. The molecular formula is C17H21N3O2S. The number of nitrogens with one attached hydrogen (secondary N) is 1. The first-order chi connectivity index (χ1) is 11.1. The summed E-state index contributed by atoms with van der Waals surface area (Å²) in [6.45, 7) is 6.24. The van der Waals surface area contributed by atoms with Gasteiger partial charge in [-0.15, -0.1) is 0 Å². The molecule has 0 saturated heterocycles. The summed E-state index contributed by atoms with van der Waals surface area (Å²) in [4.78, 5) is 16.3. The lowest BCUT2D eigenvalue weighted by atomic mass is 10.2. The monoisotopic (exact) mass is 331 g/mol. The molecule has 0 unspecified atom stereocenters. The van der Waals surface area contributed by atoms with E-state index >= 15 is 0 Å². The third-order valence-corrected chi connectivity index (χ3v) is 4.30. The van der Waals surface area contributed by atoms with Gasteiger partial charge in [0.05, 0.1) is 23.4 Å². The van der Waals surface area contributed by atoms with Gasteiger partial charge in [-0.1, -0.05) is 24.7 Å². The number of Topliss-reactive ketones (excluding diaryl/α,β-unsaturated/α-hetero) is 1. The largest absolute Gasteiger partial charge is 0.494 e. The molecule has 0 atom stereocenters. The lowest BCUT2D eigenvalue weighted by Gasteiger charge is -2.04. The van der Waals surface area contributed by atoms with Crippen molar-refractivity contribution < 1.29 is 9.53 Å². The Balaban J connectivity index is 1.90. The van der Waals surface area contributed by atoms with E-state index in [9.17, 15) is 4.79 Å². The molecule has 1 heterocycles. The van der Waals surface area contributed by atoms with Crippen molar-refractivity contribution in [2.45, 2.75) is 33.6 Å². The number of carbonyl (C=O) groups is 1. The number of nitrogens with zero attached hydrogens (tertiary/aromatic N) is 2. The molecule has 2 aromatic rings. The first-order valence-electron chi connectivity index (χ1n) is 7.60. The van der Waals surface area contributed by atoms with Crippen molar-refractivity contribution in [2.75, 3.05) is 12.0 Å². The second-order valence-electron chi connectivity index (χ2n) is 5.13. The molecule has 5 nitrogen and oxygen atoms in total. The highest BCUT2D eigenvalue weighted by Gasteiger charge is 2.10. The van der Waals surface area contributed by atoms with Crippen molar-refractivity contribution in [2.24, 2.45) is 5.10 Å². The summed E-state index contributed by atoms with van der Waals surface area (Å²) >= 11 is 1.31. The Labute approximate surface area is 140 Å². The first kappa shape index (κ1) is 17.1. The Morgan fingerprint density at radius 1 is 1.39 bits per heavy atom. The molecule has 1 aromatic heterocycles. The van der Waals surface area contributed by atoms with Crippen LogP contribution >= 0.6 is 11.3 Å². The number of rotatable bonds is 8. The highest BCUT2D eigenvalue weighted by molar-refractivity contribution is 7.17. The smallest absolute Gasteiger partial charge is 0.204 e. The Morgan fingerprint density at radius 2 is 2.13 bits per heavy atom. The standard InChI is InChI=1S/C17H21N3O2S/c1-4-5-10-22-15-8-6-14(7-9-15)11-18-20-17-19-12(2)16(23-17)13(3)21/h6-9,11H,4-5,10H2,1-3H3,(H,19,20)/b18-11-. The molecule has 0 radical (unpaired) electrons. The zero-order chi connectivity index (χ0) is 16.7. The van der Waals surface area contributed by atoms with Crippen molar-refractivity contribution >= 4 is 28.5 Å². The number of hydrogen-bond donors (Lipinski definition) is 1. The van der Waals surface area contributed by atoms with E-state index in [-0.39, 0.29) is 5.78 Å². The number of unbranched alkanes of at least 4 members (excludes halogenated alkanes) is 1. The topological polar surface area (TPSA) is 63.6 Å². The number of hydrazone groups is 1. The van der Waals surface area contributed by atoms with Crippen LogP contribution in [0.15, 0.2) is 29.4 Å². The van der Waals surface area contributed by atoms with E-state index in [0.29, 0.717) is 10.0 Å². The Hall–Kier alpha value is -2.21. The molecule has 0 saturated carbocycles. The highest BCUT2D eigenvalue weighted by atomic mass is 32.1. The Kier molecular flexibility index (Phi) is 6.29. The third kappa shape index (κ3) is 5.17. The molecule has 0 bridgehead atoms. The van der Waals surface area contributed by atoms with Gasteiger partial charge in [0.25, 0.3) is 0 Å². The van der Waals surface area contributed by atoms with Crippen LogP contribution in [0.5, 0.6) is 5.75 Å². The number of benzene rings is 1. The Morgan fingerprint density at radius 3 is 2.74 bits per heavy atom. The quantitative estimate of drug-likeness (QED) is 0.339. The van der Waals surface area contributed by atoms with E-state index in [1.807, 2.05) is 31.2 Å². The van der Waals surface area contributed by atoms with Crippen LogP contribution in [0.3, 0.4) is 0 Å². The summed E-state index contributed by atoms with van der Waals surface area (Å²) < 4.78 is 5.61. The lowest BCUT2D eigenvalue weighted by Crippen LogP contribution is -1.96. The molecule has 2 rings (SSSR count). The van der Waals surface area contributed by atoms with Crippen molar-refractivity contribution in [1.29, 1.82) is 0 Å². The fraction of sp³-hybridized carbons (Fsp3) is 0.353. The maximum Gasteiger partial charge on any atom is 0.204 e. The van der Waals surface area contributed by atoms with Crippen LogP contribution in [0.1, 0.15) is 47.6 Å². The number of carbonyl (C=O) groups excluding carboxylic acids is 1. The second-order valence-corrected chi connectivity index (χ2v) is 6.13. The van der Waals surface area contributed by atoms with Crippen LogP contribution in [-0.4, -0.2) is 23.6 Å². The molecule has 0 aliphatic carbocycles. The van der Waals surface area contributed by atoms with Crippen LogP contribution in [0.4, 0.5) is 5.13 Å².